The predicted molar refractivity (Wildman–Crippen MR) is 73.6 cm³/mol. The molecule has 2 rings (SSSR count). The molecule has 0 bridgehead atoms. The molecule has 6 heteroatoms. The average molecular weight is 321 g/mol. The highest BCUT2D eigenvalue weighted by Gasteiger charge is 2.12. The molecule has 0 unspecified atom stereocenters. The minimum absolute atomic E-state index is 0.343. The number of anilines is 2. The van der Waals surface area contributed by atoms with E-state index in [9.17, 15) is 9.65 Å². The molecule has 0 aliphatic carbocycles. The third kappa shape index (κ3) is 2.71. The molecular weight excluding hydrogens is 311 g/mol. The summed E-state index contributed by atoms with van der Waals surface area (Å²) in [7, 11) is 0. The fourth-order valence-corrected chi connectivity index (χ4v) is 2.00. The first-order valence-corrected chi connectivity index (χ1v) is 6.28. The number of aryl methyl sites for hydroxylation is 1. The lowest BCUT2D eigenvalue weighted by Crippen LogP contribution is -2.04. The van der Waals surface area contributed by atoms with Crippen LogP contribution in [0.15, 0.2) is 22.7 Å². The number of aromatic nitrogens is 2. The highest BCUT2D eigenvalue weighted by Crippen LogP contribution is 2.28. The second kappa shape index (κ2) is 5.33. The van der Waals surface area contributed by atoms with Gasteiger partial charge in [0.15, 0.2) is 5.82 Å². The minimum Gasteiger partial charge on any atom is -0.337 e. The van der Waals surface area contributed by atoms with Crippen molar-refractivity contribution in [3.63, 3.8) is 0 Å². The van der Waals surface area contributed by atoms with Gasteiger partial charge in [0.25, 0.3) is 0 Å². The number of rotatable bonds is 2. The molecule has 0 amide bonds. The molecule has 2 aromatic rings. The molecule has 4 nitrogen and oxygen atoms in total. The first kappa shape index (κ1) is 13.4. The minimum atomic E-state index is -0.343. The number of hydrogen-bond acceptors (Lipinski definition) is 4. The van der Waals surface area contributed by atoms with Crippen LogP contribution >= 0.6 is 15.9 Å². The maximum atomic E-state index is 13.0. The Labute approximate surface area is 118 Å². The van der Waals surface area contributed by atoms with Crippen LogP contribution in [0.25, 0.3) is 0 Å². The van der Waals surface area contributed by atoms with Crippen LogP contribution in [0.2, 0.25) is 0 Å². The molecule has 19 heavy (non-hydrogen) atoms. The van der Waals surface area contributed by atoms with Crippen molar-refractivity contribution in [2.24, 2.45) is 0 Å². The Morgan fingerprint density at radius 1 is 1.32 bits per heavy atom. The summed E-state index contributed by atoms with van der Waals surface area (Å²) < 4.78 is 13.6. The lowest BCUT2D eigenvalue weighted by molar-refractivity contribution is 0.627. The molecule has 1 heterocycles. The molecular formula is C13H10BrFN4. The molecule has 96 valence electrons. The van der Waals surface area contributed by atoms with E-state index in [1.54, 1.807) is 13.0 Å². The Morgan fingerprint density at radius 2 is 2.05 bits per heavy atom. The van der Waals surface area contributed by atoms with Gasteiger partial charge in [-0.05, 0) is 53.5 Å². The van der Waals surface area contributed by atoms with Gasteiger partial charge in [-0.3, -0.25) is 0 Å². The molecule has 0 atom stereocenters. The summed E-state index contributed by atoms with van der Waals surface area (Å²) in [5, 5.41) is 20.1. The maximum Gasteiger partial charge on any atom is 0.171 e. The second-order valence-corrected chi connectivity index (χ2v) is 4.85. The molecule has 1 aromatic carbocycles. The highest BCUT2D eigenvalue weighted by molar-refractivity contribution is 9.10. The standard InChI is InChI=1S/C13H10BrFN4/c1-7-8(2)18-19-13(10(7)6-16)17-12-4-3-9(15)5-11(12)14/h3-5H,1-2H3,(H,17,19). The quantitative estimate of drug-likeness (QED) is 0.918. The Kier molecular flexibility index (Phi) is 3.76. The van der Waals surface area contributed by atoms with Gasteiger partial charge in [0, 0.05) is 4.47 Å². The van der Waals surface area contributed by atoms with E-state index in [4.69, 9.17) is 0 Å². The van der Waals surface area contributed by atoms with Crippen molar-refractivity contribution in [1.29, 1.82) is 5.26 Å². The first-order valence-electron chi connectivity index (χ1n) is 5.49. The van der Waals surface area contributed by atoms with Crippen molar-refractivity contribution < 1.29 is 4.39 Å². The summed E-state index contributed by atoms with van der Waals surface area (Å²) in [4.78, 5) is 0. The van der Waals surface area contributed by atoms with Crippen LogP contribution in [0, 0.1) is 31.0 Å². The number of benzene rings is 1. The fraction of sp³-hybridized carbons (Fsp3) is 0.154. The molecule has 1 N–H and O–H groups in total. The van der Waals surface area contributed by atoms with Gasteiger partial charge in [-0.2, -0.15) is 10.4 Å². The number of nitrogens with one attached hydrogen (secondary N) is 1. The van der Waals surface area contributed by atoms with E-state index in [0.29, 0.717) is 27.2 Å². The van der Waals surface area contributed by atoms with Crippen LogP contribution < -0.4 is 5.32 Å². The molecule has 0 aliphatic heterocycles. The topological polar surface area (TPSA) is 61.6 Å². The smallest absolute Gasteiger partial charge is 0.171 e. The van der Waals surface area contributed by atoms with E-state index in [1.807, 2.05) is 6.92 Å². The van der Waals surface area contributed by atoms with Gasteiger partial charge < -0.3 is 5.32 Å². The summed E-state index contributed by atoms with van der Waals surface area (Å²) in [6, 6.07) is 6.33. The van der Waals surface area contributed by atoms with E-state index in [-0.39, 0.29) is 5.82 Å². The van der Waals surface area contributed by atoms with E-state index in [0.717, 1.165) is 5.56 Å². The van der Waals surface area contributed by atoms with Crippen molar-refractivity contribution in [1.82, 2.24) is 10.2 Å². The number of halogens is 2. The Balaban J connectivity index is 2.44. The van der Waals surface area contributed by atoms with Crippen molar-refractivity contribution in [2.45, 2.75) is 13.8 Å². The Bertz CT molecular complexity index is 679. The number of nitriles is 1. The summed E-state index contributed by atoms with van der Waals surface area (Å²) >= 11 is 3.25. The summed E-state index contributed by atoms with van der Waals surface area (Å²) in [5.74, 6) is 0.0158. The Hall–Kier alpha value is -2.00. The van der Waals surface area contributed by atoms with Crippen LogP contribution in [-0.4, -0.2) is 10.2 Å². The van der Waals surface area contributed by atoms with Gasteiger partial charge >= 0.3 is 0 Å². The molecule has 0 radical (unpaired) electrons. The lowest BCUT2D eigenvalue weighted by atomic mass is 10.1. The van der Waals surface area contributed by atoms with Gasteiger partial charge in [0.05, 0.1) is 11.4 Å². The molecule has 0 spiro atoms. The maximum absolute atomic E-state index is 13.0. The van der Waals surface area contributed by atoms with Crippen molar-refractivity contribution in [3.8, 4) is 6.07 Å². The molecule has 0 fully saturated rings. The predicted octanol–water partition coefficient (Wildman–Crippen LogP) is 3.61. The van der Waals surface area contributed by atoms with Gasteiger partial charge in [0.1, 0.15) is 17.4 Å². The van der Waals surface area contributed by atoms with E-state index in [1.165, 1.54) is 12.1 Å². The fourth-order valence-electron chi connectivity index (χ4n) is 1.55. The zero-order valence-electron chi connectivity index (χ0n) is 10.3. The van der Waals surface area contributed by atoms with Crippen molar-refractivity contribution in [3.05, 3.63) is 45.3 Å². The van der Waals surface area contributed by atoms with E-state index >= 15 is 0 Å². The molecule has 1 aromatic heterocycles. The third-order valence-corrected chi connectivity index (χ3v) is 3.41. The summed E-state index contributed by atoms with van der Waals surface area (Å²) in [6.07, 6.45) is 0. The summed E-state index contributed by atoms with van der Waals surface area (Å²) in [5.41, 5.74) is 2.54. The van der Waals surface area contributed by atoms with Gasteiger partial charge in [-0.15, -0.1) is 5.10 Å². The summed E-state index contributed by atoms with van der Waals surface area (Å²) in [6.45, 7) is 3.61. The van der Waals surface area contributed by atoms with Crippen molar-refractivity contribution >= 4 is 27.4 Å². The van der Waals surface area contributed by atoms with Gasteiger partial charge in [-0.25, -0.2) is 4.39 Å². The second-order valence-electron chi connectivity index (χ2n) is 3.99. The van der Waals surface area contributed by atoms with Gasteiger partial charge in [0.2, 0.25) is 0 Å². The molecule has 0 saturated heterocycles. The van der Waals surface area contributed by atoms with E-state index in [2.05, 4.69) is 37.5 Å². The highest BCUT2D eigenvalue weighted by atomic mass is 79.9. The van der Waals surface area contributed by atoms with Crippen molar-refractivity contribution in [2.75, 3.05) is 5.32 Å². The number of nitrogens with zero attached hydrogens (tertiary/aromatic N) is 3. The average Bonchev–Trinajstić information content (AvgIpc) is 2.37. The largest absolute Gasteiger partial charge is 0.337 e. The number of hydrogen-bond donors (Lipinski definition) is 1. The monoisotopic (exact) mass is 320 g/mol. The zero-order valence-corrected chi connectivity index (χ0v) is 11.9. The molecule has 0 aliphatic rings. The van der Waals surface area contributed by atoms with Crippen LogP contribution in [0.3, 0.4) is 0 Å². The van der Waals surface area contributed by atoms with Crippen LogP contribution in [0.1, 0.15) is 16.8 Å². The lowest BCUT2D eigenvalue weighted by Gasteiger charge is -2.10. The molecule has 0 saturated carbocycles. The third-order valence-electron chi connectivity index (χ3n) is 2.75. The van der Waals surface area contributed by atoms with Gasteiger partial charge in [-0.1, -0.05) is 0 Å². The van der Waals surface area contributed by atoms with E-state index < -0.39 is 0 Å². The zero-order chi connectivity index (χ0) is 14.0. The van der Waals surface area contributed by atoms with Crippen LogP contribution in [-0.2, 0) is 0 Å². The Morgan fingerprint density at radius 3 is 2.68 bits per heavy atom. The van der Waals surface area contributed by atoms with Crippen LogP contribution in [0.4, 0.5) is 15.9 Å². The normalized spacial score (nSPS) is 10.1. The SMILES string of the molecule is Cc1nnc(Nc2ccc(F)cc2Br)c(C#N)c1C. The first-order chi connectivity index (χ1) is 9.02. The van der Waals surface area contributed by atoms with Crippen LogP contribution in [0.5, 0.6) is 0 Å².